The SMILES string of the molecule is COc1ccc(C)cc1NC(=O)N1CCC[C@@H](c2ccn(CCO)n2)C1. The first-order valence-corrected chi connectivity index (χ1v) is 8.95. The molecule has 1 fully saturated rings. The number of likely N-dealkylation sites (tertiary alicyclic amines) is 1. The number of anilines is 1. The molecule has 3 rings (SSSR count). The number of hydrogen-bond acceptors (Lipinski definition) is 4. The Morgan fingerprint density at radius 2 is 2.27 bits per heavy atom. The number of piperidine rings is 1. The fourth-order valence-corrected chi connectivity index (χ4v) is 3.34. The van der Waals surface area contributed by atoms with E-state index in [-0.39, 0.29) is 18.6 Å². The van der Waals surface area contributed by atoms with Gasteiger partial charge in [-0.15, -0.1) is 0 Å². The molecule has 26 heavy (non-hydrogen) atoms. The molecular weight excluding hydrogens is 332 g/mol. The maximum atomic E-state index is 12.7. The third-order valence-corrected chi connectivity index (χ3v) is 4.71. The second-order valence-electron chi connectivity index (χ2n) is 6.65. The summed E-state index contributed by atoms with van der Waals surface area (Å²) < 4.78 is 7.08. The van der Waals surface area contributed by atoms with Gasteiger partial charge in [-0.05, 0) is 43.5 Å². The number of amides is 2. The first kappa shape index (κ1) is 18.3. The molecule has 0 spiro atoms. The summed E-state index contributed by atoms with van der Waals surface area (Å²) in [5.74, 6) is 0.870. The van der Waals surface area contributed by atoms with Crippen molar-refractivity contribution in [1.82, 2.24) is 14.7 Å². The molecule has 1 aromatic carbocycles. The lowest BCUT2D eigenvalue weighted by molar-refractivity contribution is 0.191. The molecule has 1 aliphatic rings. The Morgan fingerprint density at radius 1 is 1.42 bits per heavy atom. The zero-order valence-corrected chi connectivity index (χ0v) is 15.3. The molecule has 1 atom stereocenters. The zero-order chi connectivity index (χ0) is 18.5. The minimum atomic E-state index is -0.117. The Bertz CT molecular complexity index is 759. The minimum Gasteiger partial charge on any atom is -0.495 e. The number of nitrogens with one attached hydrogen (secondary N) is 1. The molecule has 1 aliphatic heterocycles. The van der Waals surface area contributed by atoms with Crippen LogP contribution in [0.25, 0.3) is 0 Å². The van der Waals surface area contributed by atoms with Crippen LogP contribution in [0.3, 0.4) is 0 Å². The van der Waals surface area contributed by atoms with E-state index in [9.17, 15) is 4.79 Å². The van der Waals surface area contributed by atoms with Gasteiger partial charge < -0.3 is 20.1 Å². The molecule has 1 aromatic heterocycles. The van der Waals surface area contributed by atoms with E-state index in [2.05, 4.69) is 10.4 Å². The van der Waals surface area contributed by atoms with Crippen LogP contribution >= 0.6 is 0 Å². The molecule has 140 valence electrons. The van der Waals surface area contributed by atoms with Gasteiger partial charge in [0.2, 0.25) is 0 Å². The molecule has 7 nitrogen and oxygen atoms in total. The van der Waals surface area contributed by atoms with E-state index in [4.69, 9.17) is 9.84 Å². The summed E-state index contributed by atoms with van der Waals surface area (Å²) in [7, 11) is 1.60. The average Bonchev–Trinajstić information content (AvgIpc) is 3.11. The highest BCUT2D eigenvalue weighted by molar-refractivity contribution is 5.91. The second-order valence-corrected chi connectivity index (χ2v) is 6.65. The summed E-state index contributed by atoms with van der Waals surface area (Å²) in [5, 5.41) is 16.5. The van der Waals surface area contributed by atoms with Gasteiger partial charge in [-0.2, -0.15) is 5.10 Å². The fraction of sp³-hybridized carbons (Fsp3) is 0.474. The van der Waals surface area contributed by atoms with Crippen LogP contribution in [0.1, 0.15) is 30.0 Å². The van der Waals surface area contributed by atoms with Gasteiger partial charge in [0.25, 0.3) is 0 Å². The van der Waals surface area contributed by atoms with Crippen molar-refractivity contribution in [2.45, 2.75) is 32.2 Å². The summed E-state index contributed by atoms with van der Waals surface area (Å²) in [4.78, 5) is 14.6. The summed E-state index contributed by atoms with van der Waals surface area (Å²) in [6, 6.07) is 7.58. The standard InChI is InChI=1S/C19H26N4O3/c1-14-5-6-18(26-2)17(12-14)20-19(25)22-8-3-4-15(13-22)16-7-9-23(21-16)10-11-24/h5-7,9,12,15,24H,3-4,8,10-11,13H2,1-2H3,(H,20,25)/t15-/m1/s1. The molecule has 2 N–H and O–H groups in total. The first-order valence-electron chi connectivity index (χ1n) is 8.95. The number of hydrogen-bond donors (Lipinski definition) is 2. The Morgan fingerprint density at radius 3 is 3.04 bits per heavy atom. The molecule has 0 aliphatic carbocycles. The van der Waals surface area contributed by atoms with Crippen molar-refractivity contribution in [2.75, 3.05) is 32.1 Å². The Kier molecular flexibility index (Phi) is 5.78. The van der Waals surface area contributed by atoms with Crippen LogP contribution in [0, 0.1) is 6.92 Å². The number of rotatable bonds is 5. The van der Waals surface area contributed by atoms with Crippen LogP contribution < -0.4 is 10.1 Å². The monoisotopic (exact) mass is 358 g/mol. The maximum absolute atomic E-state index is 12.7. The van der Waals surface area contributed by atoms with Gasteiger partial charge in [0.1, 0.15) is 5.75 Å². The number of aliphatic hydroxyl groups is 1. The summed E-state index contributed by atoms with van der Waals surface area (Å²) in [6.07, 6.45) is 3.83. The predicted octanol–water partition coefficient (Wildman–Crippen LogP) is 2.60. The molecule has 2 aromatic rings. The number of carbonyl (C=O) groups excluding carboxylic acids is 1. The van der Waals surface area contributed by atoms with Gasteiger partial charge in [0.05, 0.1) is 31.6 Å². The topological polar surface area (TPSA) is 79.6 Å². The highest BCUT2D eigenvalue weighted by Crippen LogP contribution is 2.28. The molecular formula is C19H26N4O3. The van der Waals surface area contributed by atoms with E-state index >= 15 is 0 Å². The van der Waals surface area contributed by atoms with Crippen LogP contribution in [-0.2, 0) is 6.54 Å². The Hall–Kier alpha value is -2.54. The molecule has 0 radical (unpaired) electrons. The highest BCUT2D eigenvalue weighted by atomic mass is 16.5. The van der Waals surface area contributed by atoms with Gasteiger partial charge in [-0.1, -0.05) is 6.07 Å². The molecule has 7 heteroatoms. The zero-order valence-electron chi connectivity index (χ0n) is 15.3. The van der Waals surface area contributed by atoms with Crippen molar-refractivity contribution in [3.8, 4) is 5.75 Å². The maximum Gasteiger partial charge on any atom is 0.321 e. The van der Waals surface area contributed by atoms with Crippen molar-refractivity contribution < 1.29 is 14.6 Å². The van der Waals surface area contributed by atoms with Crippen molar-refractivity contribution in [3.05, 3.63) is 41.7 Å². The van der Waals surface area contributed by atoms with Gasteiger partial charge in [-0.25, -0.2) is 4.79 Å². The molecule has 0 unspecified atom stereocenters. The fourth-order valence-electron chi connectivity index (χ4n) is 3.34. The van der Waals surface area contributed by atoms with Crippen LogP contribution in [0.2, 0.25) is 0 Å². The number of carbonyl (C=O) groups is 1. The van der Waals surface area contributed by atoms with E-state index in [1.165, 1.54) is 0 Å². The van der Waals surface area contributed by atoms with E-state index in [0.717, 1.165) is 30.6 Å². The number of benzene rings is 1. The van der Waals surface area contributed by atoms with Gasteiger partial charge in [0, 0.05) is 25.2 Å². The minimum absolute atomic E-state index is 0.0681. The largest absolute Gasteiger partial charge is 0.495 e. The Balaban J connectivity index is 1.67. The number of methoxy groups -OCH3 is 1. The second kappa shape index (κ2) is 8.23. The molecule has 1 saturated heterocycles. The van der Waals surface area contributed by atoms with Crippen LogP contribution in [0.5, 0.6) is 5.75 Å². The molecule has 2 amide bonds. The number of aromatic nitrogens is 2. The summed E-state index contributed by atoms with van der Waals surface area (Å²) in [5.41, 5.74) is 2.72. The summed E-state index contributed by atoms with van der Waals surface area (Å²) >= 11 is 0. The van der Waals surface area contributed by atoms with E-state index in [1.54, 1.807) is 11.8 Å². The van der Waals surface area contributed by atoms with Gasteiger partial charge >= 0.3 is 6.03 Å². The smallest absolute Gasteiger partial charge is 0.321 e. The average molecular weight is 358 g/mol. The number of aliphatic hydroxyl groups excluding tert-OH is 1. The predicted molar refractivity (Wildman–Crippen MR) is 99.6 cm³/mol. The lowest BCUT2D eigenvalue weighted by Gasteiger charge is -2.32. The first-order chi connectivity index (χ1) is 12.6. The van der Waals surface area contributed by atoms with Crippen molar-refractivity contribution in [1.29, 1.82) is 0 Å². The van der Waals surface area contributed by atoms with Crippen molar-refractivity contribution >= 4 is 11.7 Å². The van der Waals surface area contributed by atoms with Crippen molar-refractivity contribution in [2.24, 2.45) is 0 Å². The van der Waals surface area contributed by atoms with Crippen LogP contribution in [0.15, 0.2) is 30.5 Å². The molecule has 0 bridgehead atoms. The quantitative estimate of drug-likeness (QED) is 0.861. The van der Waals surface area contributed by atoms with Crippen LogP contribution in [-0.4, -0.2) is 52.6 Å². The number of ether oxygens (including phenoxy) is 1. The van der Waals surface area contributed by atoms with Gasteiger partial charge in [0.15, 0.2) is 0 Å². The van der Waals surface area contributed by atoms with Gasteiger partial charge in [-0.3, -0.25) is 4.68 Å². The third kappa shape index (κ3) is 4.16. The Labute approximate surface area is 153 Å². The van der Waals surface area contributed by atoms with E-state index in [0.29, 0.717) is 24.5 Å². The van der Waals surface area contributed by atoms with E-state index in [1.807, 2.05) is 42.3 Å². The van der Waals surface area contributed by atoms with Crippen LogP contribution in [0.4, 0.5) is 10.5 Å². The molecule has 2 heterocycles. The number of aryl methyl sites for hydroxylation is 1. The normalized spacial score (nSPS) is 17.2. The molecule has 0 saturated carbocycles. The highest BCUT2D eigenvalue weighted by Gasteiger charge is 2.26. The third-order valence-electron chi connectivity index (χ3n) is 4.71. The lowest BCUT2D eigenvalue weighted by Crippen LogP contribution is -2.41. The van der Waals surface area contributed by atoms with E-state index < -0.39 is 0 Å². The number of urea groups is 1. The van der Waals surface area contributed by atoms with Crippen molar-refractivity contribution in [3.63, 3.8) is 0 Å². The lowest BCUT2D eigenvalue weighted by atomic mass is 9.95. The summed E-state index contributed by atoms with van der Waals surface area (Å²) in [6.45, 7) is 3.90. The number of nitrogens with zero attached hydrogens (tertiary/aromatic N) is 3.